The standard InChI is InChI=1S/CO.H3N.H2O/c1-2;;/h;1H3;1H2. The molecule has 3 nitrogen and oxygen atoms in total. The molecule has 0 heterocycles. The van der Waals surface area contributed by atoms with Crippen molar-refractivity contribution in [3.05, 3.63) is 6.65 Å². The fraction of sp³-hybridized carbons (Fsp3) is 0. The molecule has 0 amide bonds. The summed E-state index contributed by atoms with van der Waals surface area (Å²) in [5, 5.41) is 0. The van der Waals surface area contributed by atoms with E-state index in [1.54, 1.807) is 0 Å². The van der Waals surface area contributed by atoms with Crippen LogP contribution >= 0.6 is 0 Å². The fourth-order valence-corrected chi connectivity index (χ4v) is 0. The zero-order chi connectivity index (χ0) is 2.00. The van der Waals surface area contributed by atoms with Gasteiger partial charge in [-0.2, -0.15) is 0 Å². The van der Waals surface area contributed by atoms with E-state index in [-0.39, 0.29) is 11.6 Å². The van der Waals surface area contributed by atoms with Crippen molar-refractivity contribution in [2.75, 3.05) is 0 Å². The average Bonchev–Trinajstić information content (AvgIpc) is 1.00. The first-order valence-corrected chi connectivity index (χ1v) is 0.204. The summed E-state index contributed by atoms with van der Waals surface area (Å²) >= 11 is 0. The summed E-state index contributed by atoms with van der Waals surface area (Å²) in [4.78, 5) is 0. The third kappa shape index (κ3) is 6.26. The molecule has 0 aromatic heterocycles. The van der Waals surface area contributed by atoms with Crippen LogP contribution in [-0.2, 0) is 4.65 Å². The van der Waals surface area contributed by atoms with Gasteiger partial charge in [-0.15, -0.1) is 0 Å². The van der Waals surface area contributed by atoms with E-state index in [0.717, 1.165) is 0 Å². The summed E-state index contributed by atoms with van der Waals surface area (Å²) in [7, 11) is 0. The van der Waals surface area contributed by atoms with E-state index >= 15 is 0 Å². The van der Waals surface area contributed by atoms with E-state index in [0.29, 0.717) is 0 Å². The van der Waals surface area contributed by atoms with Crippen LogP contribution in [0.4, 0.5) is 0 Å². The van der Waals surface area contributed by atoms with Crippen LogP contribution in [-0.4, -0.2) is 5.48 Å². The monoisotopic (exact) mass is 63.0 g/mol. The molecule has 4 heavy (non-hydrogen) atoms. The third-order valence-corrected chi connectivity index (χ3v) is 0. The summed E-state index contributed by atoms with van der Waals surface area (Å²) in [5.74, 6) is 0. The molecule has 0 spiro atoms. The summed E-state index contributed by atoms with van der Waals surface area (Å²) in [6, 6.07) is 0. The van der Waals surface area contributed by atoms with Gasteiger partial charge < -0.3 is 11.6 Å². The summed E-state index contributed by atoms with van der Waals surface area (Å²) in [5.41, 5.74) is 0. The Morgan fingerprint density at radius 3 is 1.25 bits per heavy atom. The van der Waals surface area contributed by atoms with Gasteiger partial charge in [0.1, 0.15) is 0 Å². The Hall–Kier alpha value is -0.340. The molecule has 3 heteroatoms. The van der Waals surface area contributed by atoms with Gasteiger partial charge >= 0.3 is 11.3 Å². The molecule has 26 valence electrons. The minimum absolute atomic E-state index is 0. The van der Waals surface area contributed by atoms with Crippen LogP contribution in [0.3, 0.4) is 0 Å². The van der Waals surface area contributed by atoms with E-state index < -0.39 is 0 Å². The van der Waals surface area contributed by atoms with Crippen molar-refractivity contribution in [2.24, 2.45) is 0 Å². The van der Waals surface area contributed by atoms with Gasteiger partial charge in [0, 0.05) is 0 Å². The molecule has 0 rings (SSSR count). The zero-order valence-corrected chi connectivity index (χ0v) is 2.12. The van der Waals surface area contributed by atoms with Gasteiger partial charge in [-0.3, -0.25) is 0 Å². The zero-order valence-electron chi connectivity index (χ0n) is 2.12. The van der Waals surface area contributed by atoms with Gasteiger partial charge in [0.25, 0.3) is 0 Å². The maximum absolute atomic E-state index is 7.50. The SMILES string of the molecule is N.O.[C-]#[O+]. The van der Waals surface area contributed by atoms with E-state index in [1.807, 2.05) is 0 Å². The Bertz CT molecular complexity index is 10.8. The Labute approximate surface area is 24.2 Å². The van der Waals surface area contributed by atoms with Gasteiger partial charge in [-0.25, -0.2) is 0 Å². The van der Waals surface area contributed by atoms with Crippen LogP contribution < -0.4 is 6.15 Å². The van der Waals surface area contributed by atoms with Crippen molar-refractivity contribution < 1.29 is 10.1 Å². The van der Waals surface area contributed by atoms with Crippen LogP contribution in [0.25, 0.3) is 0 Å². The van der Waals surface area contributed by atoms with Gasteiger partial charge in [0.05, 0.1) is 0 Å². The molecule has 0 aliphatic heterocycles. The molecule has 0 saturated heterocycles. The van der Waals surface area contributed by atoms with Crippen molar-refractivity contribution in [3.8, 4) is 0 Å². The quantitative estimate of drug-likeness (QED) is 0.292. The summed E-state index contributed by atoms with van der Waals surface area (Å²) in [6.45, 7) is 4.50. The molecule has 0 aliphatic rings. The number of hydrogen-bond acceptors (Lipinski definition) is 1. The first-order chi connectivity index (χ1) is 1.00. The first-order valence-electron chi connectivity index (χ1n) is 0.204. The molecule has 0 aromatic rings. The second-order valence-corrected chi connectivity index (χ2v) is 0. The molecule has 0 fully saturated rings. The van der Waals surface area contributed by atoms with Crippen LogP contribution in [0, 0.1) is 6.65 Å². The van der Waals surface area contributed by atoms with E-state index in [9.17, 15) is 0 Å². The molecular formula is CH5NO2. The summed E-state index contributed by atoms with van der Waals surface area (Å²) in [6.07, 6.45) is 0. The second kappa shape index (κ2) is 63.4. The Morgan fingerprint density at radius 1 is 1.25 bits per heavy atom. The van der Waals surface area contributed by atoms with Crippen molar-refractivity contribution >= 4 is 0 Å². The predicted molar refractivity (Wildman–Crippen MR) is 12.6 cm³/mol. The third-order valence-electron chi connectivity index (χ3n) is 0. The Balaban J connectivity index is -0.00000000500. The Kier molecular flexibility index (Phi) is 942. The minimum atomic E-state index is 0. The number of hydrogen-bond donors (Lipinski definition) is 1. The van der Waals surface area contributed by atoms with Crippen molar-refractivity contribution in [1.29, 1.82) is 0 Å². The molecule has 0 aliphatic carbocycles. The van der Waals surface area contributed by atoms with Gasteiger partial charge in [0.15, 0.2) is 0 Å². The van der Waals surface area contributed by atoms with E-state index in [1.165, 1.54) is 0 Å². The second-order valence-electron chi connectivity index (χ2n) is 0. The number of rotatable bonds is 0. The fourth-order valence-electron chi connectivity index (χ4n) is 0. The van der Waals surface area contributed by atoms with Crippen molar-refractivity contribution in [3.63, 3.8) is 0 Å². The summed E-state index contributed by atoms with van der Waals surface area (Å²) < 4.78 is 7.50. The molecule has 5 N–H and O–H groups in total. The van der Waals surface area contributed by atoms with Crippen LogP contribution in [0.2, 0.25) is 0 Å². The van der Waals surface area contributed by atoms with Gasteiger partial charge in [0.2, 0.25) is 0 Å². The average molecular weight is 63.1 g/mol. The van der Waals surface area contributed by atoms with Crippen molar-refractivity contribution in [1.82, 2.24) is 6.15 Å². The van der Waals surface area contributed by atoms with E-state index in [2.05, 4.69) is 6.65 Å². The molecule has 0 aromatic carbocycles. The molecule has 0 radical (unpaired) electrons. The van der Waals surface area contributed by atoms with Gasteiger partial charge in [-0.1, -0.05) is 0 Å². The Morgan fingerprint density at radius 2 is 1.25 bits per heavy atom. The first kappa shape index (κ1) is 59.5. The molecular weight excluding hydrogens is 58.0 g/mol. The van der Waals surface area contributed by atoms with Crippen molar-refractivity contribution in [2.45, 2.75) is 0 Å². The topological polar surface area (TPSA) is 86.4 Å². The molecule has 0 atom stereocenters. The van der Waals surface area contributed by atoms with E-state index in [4.69, 9.17) is 4.65 Å². The molecule has 0 bridgehead atoms. The van der Waals surface area contributed by atoms with Crippen LogP contribution in [0.15, 0.2) is 0 Å². The molecule has 0 saturated carbocycles. The molecule has 0 unspecified atom stereocenters. The predicted octanol–water partition coefficient (Wildman–Crippen LogP) is -0.700. The van der Waals surface area contributed by atoms with Gasteiger partial charge in [-0.05, 0) is 0 Å². The van der Waals surface area contributed by atoms with Crippen LogP contribution in [0.5, 0.6) is 0 Å². The maximum atomic E-state index is 7.50. The normalized spacial score (nSPS) is 0.500. The van der Waals surface area contributed by atoms with Crippen LogP contribution in [0.1, 0.15) is 0 Å².